The molecule has 1 saturated heterocycles. The van der Waals surface area contributed by atoms with Gasteiger partial charge in [-0.1, -0.05) is 12.1 Å². The van der Waals surface area contributed by atoms with Crippen LogP contribution in [0.15, 0.2) is 66.0 Å². The number of benzene rings is 1. The van der Waals surface area contributed by atoms with Crippen LogP contribution in [0, 0.1) is 11.3 Å². The van der Waals surface area contributed by atoms with Gasteiger partial charge in [-0.3, -0.25) is 4.90 Å². The molecule has 0 N–H and O–H groups in total. The molecular weight excluding hydrogens is 565 g/mol. The van der Waals surface area contributed by atoms with Crippen LogP contribution < -0.4 is 9.08 Å². The number of anilines is 1. The highest BCUT2D eigenvalue weighted by atomic mass is 32.2. The topological polar surface area (TPSA) is 104 Å². The quantitative estimate of drug-likeness (QED) is 0.175. The number of fused-ring (bicyclic) bond motifs is 1. The normalized spacial score (nSPS) is 14.8. The van der Waals surface area contributed by atoms with E-state index in [0.717, 1.165) is 55.3 Å². The first kappa shape index (κ1) is 27.8. The number of hydrogen-bond acceptors (Lipinski definition) is 9. The molecule has 4 aromatic rings. The lowest BCUT2D eigenvalue weighted by molar-refractivity contribution is -0.0500. The highest BCUT2D eigenvalue weighted by Crippen LogP contribution is 2.34. The monoisotopic (exact) mass is 588 g/mol. The number of thioether (sulfide) groups is 1. The molecule has 3 aromatic heterocycles. The van der Waals surface area contributed by atoms with Gasteiger partial charge >= 0.3 is 15.6 Å². The molecule has 1 fully saturated rings. The van der Waals surface area contributed by atoms with E-state index in [1.807, 2.05) is 12.3 Å². The van der Waals surface area contributed by atoms with Crippen molar-refractivity contribution in [3.8, 4) is 22.9 Å². The molecule has 1 aliphatic rings. The number of nitrogens with zero attached hydrogens (tertiary/aromatic N) is 6. The van der Waals surface area contributed by atoms with E-state index in [0.29, 0.717) is 5.56 Å². The van der Waals surface area contributed by atoms with Crippen LogP contribution in [0.2, 0.25) is 0 Å². The summed E-state index contributed by atoms with van der Waals surface area (Å²) >= 11 is 1.71. The number of halogens is 3. The van der Waals surface area contributed by atoms with Crippen LogP contribution in [-0.2, 0) is 16.7 Å². The summed E-state index contributed by atoms with van der Waals surface area (Å²) in [6, 6.07) is 15.1. The van der Waals surface area contributed by atoms with Gasteiger partial charge in [-0.25, -0.2) is 9.50 Å². The highest BCUT2D eigenvalue weighted by Gasteiger charge is 2.48. The minimum absolute atomic E-state index is 0.156. The lowest BCUT2D eigenvalue weighted by Crippen LogP contribution is -2.46. The Morgan fingerprint density at radius 3 is 2.40 bits per heavy atom. The van der Waals surface area contributed by atoms with Crippen molar-refractivity contribution in [3.05, 3.63) is 72.2 Å². The summed E-state index contributed by atoms with van der Waals surface area (Å²) in [6.07, 6.45) is 5.79. The van der Waals surface area contributed by atoms with E-state index in [2.05, 4.69) is 48.3 Å². The van der Waals surface area contributed by atoms with Crippen molar-refractivity contribution in [1.29, 1.82) is 5.26 Å². The van der Waals surface area contributed by atoms with Crippen LogP contribution in [-0.4, -0.2) is 65.9 Å². The van der Waals surface area contributed by atoms with Crippen LogP contribution in [0.3, 0.4) is 0 Å². The second-order valence-corrected chi connectivity index (χ2v) is 11.5. The molecule has 40 heavy (non-hydrogen) atoms. The number of alkyl halides is 3. The predicted octanol–water partition coefficient (Wildman–Crippen LogP) is 4.54. The van der Waals surface area contributed by atoms with Gasteiger partial charge in [0.05, 0.1) is 23.5 Å². The molecule has 0 saturated carbocycles. The largest absolute Gasteiger partial charge is 0.534 e. The van der Waals surface area contributed by atoms with Gasteiger partial charge in [0.15, 0.2) is 5.75 Å². The average Bonchev–Trinajstić information content (AvgIpc) is 3.36. The maximum absolute atomic E-state index is 12.9. The van der Waals surface area contributed by atoms with Crippen molar-refractivity contribution in [2.75, 3.05) is 37.3 Å². The van der Waals surface area contributed by atoms with Crippen molar-refractivity contribution < 1.29 is 25.8 Å². The van der Waals surface area contributed by atoms with E-state index >= 15 is 0 Å². The summed E-state index contributed by atoms with van der Waals surface area (Å²) in [5.74, 6) is 0.125. The minimum atomic E-state index is -5.90. The van der Waals surface area contributed by atoms with E-state index in [1.54, 1.807) is 23.9 Å². The van der Waals surface area contributed by atoms with Gasteiger partial charge in [0.2, 0.25) is 0 Å². The second-order valence-electron chi connectivity index (χ2n) is 9.05. The Balaban J connectivity index is 1.34. The van der Waals surface area contributed by atoms with Crippen molar-refractivity contribution in [1.82, 2.24) is 19.5 Å². The first-order chi connectivity index (χ1) is 19.1. The molecular formula is C26H23F3N6O3S2. The molecule has 9 nitrogen and oxygen atoms in total. The first-order valence-electron chi connectivity index (χ1n) is 12.1. The molecule has 0 unspecified atom stereocenters. The standard InChI is InChI=1S/C26H23F3N6O3S2/c1-39-22-5-2-18(3-6-22)16-33-8-10-34(11-9-33)24-7-4-19(14-31-24)23-12-21(38-40(36,37)26(27,28)29)17-35-25(23)20(13-30)15-32-35/h2-7,12,14-15,17H,8-11,16H2,1H3. The summed E-state index contributed by atoms with van der Waals surface area (Å²) in [5, 5.41) is 13.5. The van der Waals surface area contributed by atoms with Crippen LogP contribution in [0.5, 0.6) is 5.75 Å². The van der Waals surface area contributed by atoms with Crippen LogP contribution in [0.1, 0.15) is 11.1 Å². The summed E-state index contributed by atoms with van der Waals surface area (Å²) in [5.41, 5.74) is -3.20. The lowest BCUT2D eigenvalue weighted by atomic mass is 10.1. The number of rotatable bonds is 7. The zero-order valence-corrected chi connectivity index (χ0v) is 22.8. The van der Waals surface area contributed by atoms with Crippen molar-refractivity contribution in [2.45, 2.75) is 16.9 Å². The van der Waals surface area contributed by atoms with Gasteiger partial charge in [-0.05, 0) is 42.2 Å². The van der Waals surface area contributed by atoms with Crippen LogP contribution in [0.25, 0.3) is 16.6 Å². The summed E-state index contributed by atoms with van der Waals surface area (Å²) in [7, 11) is -5.90. The smallest absolute Gasteiger partial charge is 0.374 e. The molecule has 0 amide bonds. The molecule has 4 heterocycles. The maximum atomic E-state index is 12.9. The minimum Gasteiger partial charge on any atom is -0.374 e. The summed E-state index contributed by atoms with van der Waals surface area (Å²) in [6.45, 7) is 4.09. The van der Waals surface area contributed by atoms with E-state index in [1.165, 1.54) is 22.9 Å². The molecule has 0 aliphatic carbocycles. The molecule has 0 spiro atoms. The number of piperazine rings is 1. The molecule has 0 atom stereocenters. The predicted molar refractivity (Wildman–Crippen MR) is 144 cm³/mol. The SMILES string of the molecule is CSc1ccc(CN2CCN(c3ccc(-c4cc(OS(=O)(=O)C(F)(F)F)cn5ncc(C#N)c45)cn3)CC2)cc1. The van der Waals surface area contributed by atoms with Gasteiger partial charge in [-0.2, -0.15) is 31.9 Å². The van der Waals surface area contributed by atoms with Gasteiger partial charge in [-0.15, -0.1) is 11.8 Å². The van der Waals surface area contributed by atoms with E-state index < -0.39 is 21.4 Å². The Labute approximate surface area is 232 Å². The van der Waals surface area contributed by atoms with Gasteiger partial charge in [0, 0.05) is 54.9 Å². The third-order valence-corrected chi connectivity index (χ3v) is 8.24. The molecule has 1 aromatic carbocycles. The summed E-state index contributed by atoms with van der Waals surface area (Å²) < 4.78 is 67.3. The molecule has 14 heteroatoms. The lowest BCUT2D eigenvalue weighted by Gasteiger charge is -2.35. The zero-order chi connectivity index (χ0) is 28.5. The molecule has 208 valence electrons. The average molecular weight is 589 g/mol. The third kappa shape index (κ3) is 5.72. The van der Waals surface area contributed by atoms with Crippen LogP contribution >= 0.6 is 11.8 Å². The number of nitriles is 1. The van der Waals surface area contributed by atoms with Crippen molar-refractivity contribution >= 4 is 33.2 Å². The fourth-order valence-corrected chi connectivity index (χ4v) is 5.32. The van der Waals surface area contributed by atoms with E-state index in [-0.39, 0.29) is 16.6 Å². The Morgan fingerprint density at radius 1 is 1.07 bits per heavy atom. The maximum Gasteiger partial charge on any atom is 0.534 e. The fraction of sp³-hybridized carbons (Fsp3) is 0.269. The Hall–Kier alpha value is -3.80. The summed E-state index contributed by atoms with van der Waals surface area (Å²) in [4.78, 5) is 10.3. The second kappa shape index (κ2) is 11.0. The number of pyridine rings is 2. The Morgan fingerprint density at radius 2 is 1.80 bits per heavy atom. The third-order valence-electron chi connectivity index (χ3n) is 6.52. The Kier molecular flexibility index (Phi) is 7.63. The van der Waals surface area contributed by atoms with E-state index in [9.17, 15) is 26.9 Å². The Bertz CT molecular complexity index is 1660. The fourth-order valence-electron chi connectivity index (χ4n) is 4.48. The zero-order valence-electron chi connectivity index (χ0n) is 21.2. The first-order valence-corrected chi connectivity index (χ1v) is 14.7. The number of hydrogen-bond donors (Lipinski definition) is 0. The molecule has 1 aliphatic heterocycles. The van der Waals surface area contributed by atoms with Crippen molar-refractivity contribution in [2.24, 2.45) is 0 Å². The molecule has 0 bridgehead atoms. The molecule has 5 rings (SSSR count). The van der Waals surface area contributed by atoms with E-state index in [4.69, 9.17) is 0 Å². The highest BCUT2D eigenvalue weighted by molar-refractivity contribution is 7.98. The molecule has 0 radical (unpaired) electrons. The van der Waals surface area contributed by atoms with Crippen LogP contribution in [0.4, 0.5) is 19.0 Å². The number of aromatic nitrogens is 3. The van der Waals surface area contributed by atoms with Gasteiger partial charge in [0.25, 0.3) is 0 Å². The van der Waals surface area contributed by atoms with Crippen molar-refractivity contribution in [3.63, 3.8) is 0 Å². The van der Waals surface area contributed by atoms with Gasteiger partial charge in [0.1, 0.15) is 11.9 Å². The van der Waals surface area contributed by atoms with Gasteiger partial charge < -0.3 is 9.08 Å².